The number of halogens is 1. The first-order valence-electron chi connectivity index (χ1n) is 8.14. The van der Waals surface area contributed by atoms with Crippen LogP contribution in [0.3, 0.4) is 0 Å². The summed E-state index contributed by atoms with van der Waals surface area (Å²) in [4.78, 5) is 33.9. The molecule has 0 atom stereocenters. The number of nitrogens with zero attached hydrogens (tertiary/aromatic N) is 2. The van der Waals surface area contributed by atoms with E-state index in [0.717, 1.165) is 0 Å². The number of carbonyl (C=O) groups excluding carboxylic acids is 1. The number of carbonyl (C=O) groups is 1. The number of amides is 1. The summed E-state index contributed by atoms with van der Waals surface area (Å²) in [5.74, 6) is 0.705. The number of rotatable bonds is 5. The minimum atomic E-state index is -0.262. The SMILES string of the molecule is CCN(Cc1nc2cc(Cl)ccc2c(=O)[nH]1)C(=O)c1ccccc1OC. The molecule has 3 rings (SSSR count). The third-order valence-corrected chi connectivity index (χ3v) is 4.30. The van der Waals surface area contributed by atoms with E-state index in [9.17, 15) is 9.59 Å². The average molecular weight is 372 g/mol. The first-order valence-corrected chi connectivity index (χ1v) is 8.52. The highest BCUT2D eigenvalue weighted by Gasteiger charge is 2.19. The van der Waals surface area contributed by atoms with Gasteiger partial charge in [-0.25, -0.2) is 4.98 Å². The number of aromatic nitrogens is 2. The van der Waals surface area contributed by atoms with Crippen LogP contribution in [0, 0.1) is 0 Å². The summed E-state index contributed by atoms with van der Waals surface area (Å²) in [5.41, 5.74) is 0.697. The van der Waals surface area contributed by atoms with Crippen LogP contribution in [0.25, 0.3) is 10.9 Å². The molecule has 0 saturated heterocycles. The van der Waals surface area contributed by atoms with Crippen molar-refractivity contribution in [2.24, 2.45) is 0 Å². The molecule has 0 radical (unpaired) electrons. The minimum Gasteiger partial charge on any atom is -0.496 e. The van der Waals surface area contributed by atoms with E-state index in [0.29, 0.717) is 39.6 Å². The summed E-state index contributed by atoms with van der Waals surface area (Å²) in [6.07, 6.45) is 0. The number of nitrogens with one attached hydrogen (secondary N) is 1. The smallest absolute Gasteiger partial charge is 0.258 e. The van der Waals surface area contributed by atoms with E-state index in [1.54, 1.807) is 47.4 Å². The van der Waals surface area contributed by atoms with Gasteiger partial charge in [-0.3, -0.25) is 9.59 Å². The molecule has 0 spiro atoms. The summed E-state index contributed by atoms with van der Waals surface area (Å²) in [6, 6.07) is 11.9. The number of methoxy groups -OCH3 is 1. The van der Waals surface area contributed by atoms with Crippen LogP contribution in [-0.2, 0) is 6.54 Å². The number of hydrogen-bond acceptors (Lipinski definition) is 4. The maximum atomic E-state index is 12.9. The number of hydrogen-bond donors (Lipinski definition) is 1. The van der Waals surface area contributed by atoms with Gasteiger partial charge in [-0.05, 0) is 37.3 Å². The minimum absolute atomic E-state index is 0.172. The van der Waals surface area contributed by atoms with Crippen molar-refractivity contribution in [3.8, 4) is 5.75 Å². The highest BCUT2D eigenvalue weighted by atomic mass is 35.5. The van der Waals surface area contributed by atoms with E-state index in [1.165, 1.54) is 7.11 Å². The first kappa shape index (κ1) is 17.9. The van der Waals surface area contributed by atoms with Gasteiger partial charge < -0.3 is 14.6 Å². The van der Waals surface area contributed by atoms with Gasteiger partial charge >= 0.3 is 0 Å². The van der Waals surface area contributed by atoms with E-state index in [1.807, 2.05) is 6.92 Å². The second-order valence-corrected chi connectivity index (χ2v) is 6.13. The predicted octanol–water partition coefficient (Wildman–Crippen LogP) is 3.25. The number of para-hydroxylation sites is 1. The molecule has 1 heterocycles. The fraction of sp³-hybridized carbons (Fsp3) is 0.211. The second-order valence-electron chi connectivity index (χ2n) is 5.69. The van der Waals surface area contributed by atoms with Crippen molar-refractivity contribution in [2.75, 3.05) is 13.7 Å². The Balaban J connectivity index is 1.94. The molecule has 0 unspecified atom stereocenters. The third kappa shape index (κ3) is 3.55. The maximum absolute atomic E-state index is 12.9. The van der Waals surface area contributed by atoms with Crippen molar-refractivity contribution in [3.63, 3.8) is 0 Å². The molecule has 26 heavy (non-hydrogen) atoms. The van der Waals surface area contributed by atoms with E-state index in [4.69, 9.17) is 16.3 Å². The van der Waals surface area contributed by atoms with Crippen molar-refractivity contribution in [1.82, 2.24) is 14.9 Å². The number of H-pyrrole nitrogens is 1. The van der Waals surface area contributed by atoms with Gasteiger partial charge in [-0.2, -0.15) is 0 Å². The molecule has 134 valence electrons. The zero-order chi connectivity index (χ0) is 18.7. The zero-order valence-corrected chi connectivity index (χ0v) is 15.2. The van der Waals surface area contributed by atoms with E-state index < -0.39 is 0 Å². The van der Waals surface area contributed by atoms with Crippen molar-refractivity contribution >= 4 is 28.4 Å². The highest BCUT2D eigenvalue weighted by molar-refractivity contribution is 6.31. The average Bonchev–Trinajstić information content (AvgIpc) is 2.65. The number of fused-ring (bicyclic) bond motifs is 1. The number of aromatic amines is 1. The molecule has 3 aromatic rings. The Labute approximate surface area is 155 Å². The lowest BCUT2D eigenvalue weighted by atomic mass is 10.1. The van der Waals surface area contributed by atoms with Gasteiger partial charge in [-0.1, -0.05) is 23.7 Å². The lowest BCUT2D eigenvalue weighted by molar-refractivity contribution is 0.0745. The van der Waals surface area contributed by atoms with Crippen LogP contribution < -0.4 is 10.3 Å². The van der Waals surface area contributed by atoms with Gasteiger partial charge in [0.2, 0.25) is 0 Å². The summed E-state index contributed by atoms with van der Waals surface area (Å²) in [6.45, 7) is 2.49. The van der Waals surface area contributed by atoms with E-state index in [-0.39, 0.29) is 18.0 Å². The third-order valence-electron chi connectivity index (χ3n) is 4.06. The number of benzene rings is 2. The summed E-state index contributed by atoms with van der Waals surface area (Å²) >= 11 is 5.99. The van der Waals surface area contributed by atoms with Gasteiger partial charge in [-0.15, -0.1) is 0 Å². The molecule has 1 aromatic heterocycles. The molecular weight excluding hydrogens is 354 g/mol. The fourth-order valence-corrected chi connectivity index (χ4v) is 2.90. The predicted molar refractivity (Wildman–Crippen MR) is 101 cm³/mol. The molecule has 0 bridgehead atoms. The summed E-state index contributed by atoms with van der Waals surface area (Å²) in [7, 11) is 1.52. The van der Waals surface area contributed by atoms with Crippen molar-refractivity contribution in [3.05, 3.63) is 69.2 Å². The molecule has 6 nitrogen and oxygen atoms in total. The van der Waals surface area contributed by atoms with Crippen molar-refractivity contribution < 1.29 is 9.53 Å². The van der Waals surface area contributed by atoms with Crippen molar-refractivity contribution in [2.45, 2.75) is 13.5 Å². The van der Waals surface area contributed by atoms with Crippen LogP contribution in [0.1, 0.15) is 23.1 Å². The normalized spacial score (nSPS) is 10.7. The lowest BCUT2D eigenvalue weighted by Crippen LogP contribution is -2.32. The van der Waals surface area contributed by atoms with Crippen LogP contribution in [0.2, 0.25) is 5.02 Å². The molecule has 0 aliphatic rings. The second kappa shape index (κ2) is 7.58. The van der Waals surface area contributed by atoms with Gasteiger partial charge in [0.05, 0.1) is 30.1 Å². The topological polar surface area (TPSA) is 75.3 Å². The quantitative estimate of drug-likeness (QED) is 0.747. The van der Waals surface area contributed by atoms with Gasteiger partial charge in [0.1, 0.15) is 11.6 Å². The van der Waals surface area contributed by atoms with Crippen LogP contribution in [0.4, 0.5) is 0 Å². The number of ether oxygens (including phenoxy) is 1. The van der Waals surface area contributed by atoms with Crippen molar-refractivity contribution in [1.29, 1.82) is 0 Å². The maximum Gasteiger partial charge on any atom is 0.258 e. The van der Waals surface area contributed by atoms with Gasteiger partial charge in [0.25, 0.3) is 11.5 Å². The Morgan fingerprint density at radius 1 is 1.27 bits per heavy atom. The highest BCUT2D eigenvalue weighted by Crippen LogP contribution is 2.20. The Morgan fingerprint density at radius 2 is 2.04 bits per heavy atom. The monoisotopic (exact) mass is 371 g/mol. The molecule has 1 amide bonds. The Bertz CT molecular complexity index is 1020. The Kier molecular flexibility index (Phi) is 5.23. The standard InChI is InChI=1S/C19H18ClN3O3/c1-3-23(19(25)14-6-4-5-7-16(14)26-2)11-17-21-15-10-12(20)8-9-13(15)18(24)22-17/h4-10H,3,11H2,1-2H3,(H,21,22,24). The Hall–Kier alpha value is -2.86. The van der Waals surface area contributed by atoms with Gasteiger partial charge in [0, 0.05) is 11.6 Å². The molecular formula is C19H18ClN3O3. The lowest BCUT2D eigenvalue weighted by Gasteiger charge is -2.21. The zero-order valence-electron chi connectivity index (χ0n) is 14.5. The molecule has 1 N–H and O–H groups in total. The largest absolute Gasteiger partial charge is 0.496 e. The molecule has 0 aliphatic carbocycles. The first-order chi connectivity index (χ1) is 12.5. The molecule has 0 fully saturated rings. The molecule has 2 aromatic carbocycles. The van der Waals surface area contributed by atoms with Crippen LogP contribution in [0.15, 0.2) is 47.3 Å². The summed E-state index contributed by atoms with van der Waals surface area (Å²) in [5, 5.41) is 0.955. The fourth-order valence-electron chi connectivity index (χ4n) is 2.74. The molecule has 7 heteroatoms. The van der Waals surface area contributed by atoms with Crippen LogP contribution in [-0.4, -0.2) is 34.4 Å². The van der Waals surface area contributed by atoms with Gasteiger partial charge in [0.15, 0.2) is 0 Å². The van der Waals surface area contributed by atoms with E-state index in [2.05, 4.69) is 9.97 Å². The summed E-state index contributed by atoms with van der Waals surface area (Å²) < 4.78 is 5.27. The van der Waals surface area contributed by atoms with E-state index >= 15 is 0 Å². The van der Waals surface area contributed by atoms with Crippen LogP contribution >= 0.6 is 11.6 Å². The van der Waals surface area contributed by atoms with Crippen LogP contribution in [0.5, 0.6) is 5.75 Å². The molecule has 0 aliphatic heterocycles. The Morgan fingerprint density at radius 3 is 2.77 bits per heavy atom. The molecule has 0 saturated carbocycles.